The zero-order valence-corrected chi connectivity index (χ0v) is 11.1. The predicted molar refractivity (Wildman–Crippen MR) is 72.3 cm³/mol. The lowest BCUT2D eigenvalue weighted by Crippen LogP contribution is -2.27. The molecule has 1 aromatic heterocycles. The number of thioether (sulfide) groups is 1. The second kappa shape index (κ2) is 4.97. The largest absolute Gasteiger partial charge is 0.368 e. The summed E-state index contributed by atoms with van der Waals surface area (Å²) in [4.78, 5) is 6.41. The van der Waals surface area contributed by atoms with Crippen molar-refractivity contribution < 1.29 is 0 Å². The van der Waals surface area contributed by atoms with E-state index in [9.17, 15) is 0 Å². The SMILES string of the molecule is CC1(C)CCN(c2cccnc2C#N)CCS1. The Hall–Kier alpha value is -1.21. The molecule has 2 rings (SSSR count). The van der Waals surface area contributed by atoms with Crippen LogP contribution in [0.5, 0.6) is 0 Å². The van der Waals surface area contributed by atoms with Gasteiger partial charge in [0, 0.05) is 29.8 Å². The lowest BCUT2D eigenvalue weighted by atomic mass is 10.1. The lowest BCUT2D eigenvalue weighted by Gasteiger charge is -2.24. The van der Waals surface area contributed by atoms with E-state index in [0.29, 0.717) is 10.4 Å². The van der Waals surface area contributed by atoms with Crippen LogP contribution in [-0.2, 0) is 0 Å². The van der Waals surface area contributed by atoms with Crippen LogP contribution in [0, 0.1) is 11.3 Å². The minimum absolute atomic E-state index is 0.337. The van der Waals surface area contributed by atoms with Gasteiger partial charge in [0.2, 0.25) is 0 Å². The van der Waals surface area contributed by atoms with Gasteiger partial charge in [-0.25, -0.2) is 4.98 Å². The molecule has 0 aliphatic carbocycles. The molecule has 17 heavy (non-hydrogen) atoms. The number of hydrogen-bond acceptors (Lipinski definition) is 4. The van der Waals surface area contributed by atoms with Gasteiger partial charge < -0.3 is 4.90 Å². The van der Waals surface area contributed by atoms with Gasteiger partial charge in [-0.15, -0.1) is 0 Å². The summed E-state index contributed by atoms with van der Waals surface area (Å²) >= 11 is 2.01. The van der Waals surface area contributed by atoms with Gasteiger partial charge in [-0.1, -0.05) is 13.8 Å². The zero-order chi connectivity index (χ0) is 12.3. The van der Waals surface area contributed by atoms with Crippen molar-refractivity contribution in [1.29, 1.82) is 5.26 Å². The summed E-state index contributed by atoms with van der Waals surface area (Å²) in [5, 5.41) is 9.08. The van der Waals surface area contributed by atoms with Crippen molar-refractivity contribution in [3.63, 3.8) is 0 Å². The van der Waals surface area contributed by atoms with Crippen LogP contribution in [-0.4, -0.2) is 28.6 Å². The Bertz CT molecular complexity index is 437. The number of rotatable bonds is 1. The van der Waals surface area contributed by atoms with Gasteiger partial charge in [0.05, 0.1) is 5.69 Å². The quantitative estimate of drug-likeness (QED) is 0.765. The first-order valence-electron chi connectivity index (χ1n) is 5.86. The average Bonchev–Trinajstić information content (AvgIpc) is 2.50. The van der Waals surface area contributed by atoms with E-state index in [2.05, 4.69) is 29.8 Å². The molecule has 3 nitrogen and oxygen atoms in total. The summed E-state index contributed by atoms with van der Waals surface area (Å²) in [6.07, 6.45) is 2.82. The number of aromatic nitrogens is 1. The van der Waals surface area contributed by atoms with E-state index in [4.69, 9.17) is 5.26 Å². The van der Waals surface area contributed by atoms with Crippen LogP contribution in [0.2, 0.25) is 0 Å². The fourth-order valence-electron chi connectivity index (χ4n) is 2.00. The summed E-state index contributed by atoms with van der Waals surface area (Å²) < 4.78 is 0.337. The zero-order valence-electron chi connectivity index (χ0n) is 10.3. The van der Waals surface area contributed by atoms with Crippen molar-refractivity contribution in [2.75, 3.05) is 23.7 Å². The van der Waals surface area contributed by atoms with E-state index in [-0.39, 0.29) is 0 Å². The second-order valence-electron chi connectivity index (χ2n) is 4.83. The maximum Gasteiger partial charge on any atom is 0.163 e. The fourth-order valence-corrected chi connectivity index (χ4v) is 3.10. The summed E-state index contributed by atoms with van der Waals surface area (Å²) in [6.45, 7) is 6.57. The summed E-state index contributed by atoms with van der Waals surface area (Å²) in [5.74, 6) is 1.10. The van der Waals surface area contributed by atoms with Crippen LogP contribution in [0.4, 0.5) is 5.69 Å². The van der Waals surface area contributed by atoms with Crippen molar-refractivity contribution in [2.45, 2.75) is 25.0 Å². The third kappa shape index (κ3) is 2.92. The average molecular weight is 247 g/mol. The van der Waals surface area contributed by atoms with E-state index in [1.807, 2.05) is 23.9 Å². The first kappa shape index (κ1) is 12.3. The minimum atomic E-state index is 0.337. The Morgan fingerprint density at radius 1 is 1.47 bits per heavy atom. The van der Waals surface area contributed by atoms with E-state index in [1.165, 1.54) is 0 Å². The first-order chi connectivity index (χ1) is 8.12. The van der Waals surface area contributed by atoms with E-state index >= 15 is 0 Å². The third-order valence-electron chi connectivity index (χ3n) is 3.07. The molecule has 1 aliphatic rings. The number of anilines is 1. The highest BCUT2D eigenvalue weighted by atomic mass is 32.2. The maximum atomic E-state index is 9.08. The first-order valence-corrected chi connectivity index (χ1v) is 6.85. The summed E-state index contributed by atoms with van der Waals surface area (Å²) in [6, 6.07) is 6.07. The second-order valence-corrected chi connectivity index (χ2v) is 6.63. The van der Waals surface area contributed by atoms with E-state index in [0.717, 1.165) is 31.0 Å². The van der Waals surface area contributed by atoms with Crippen LogP contribution in [0.25, 0.3) is 0 Å². The van der Waals surface area contributed by atoms with Crippen molar-refractivity contribution >= 4 is 17.4 Å². The lowest BCUT2D eigenvalue weighted by molar-refractivity contribution is 0.637. The van der Waals surface area contributed by atoms with Gasteiger partial charge in [-0.3, -0.25) is 0 Å². The predicted octanol–water partition coefficient (Wildman–Crippen LogP) is 2.68. The fraction of sp³-hybridized carbons (Fsp3) is 0.538. The molecule has 90 valence electrons. The molecule has 4 heteroatoms. The van der Waals surface area contributed by atoms with Crippen molar-refractivity contribution in [3.8, 4) is 6.07 Å². The Balaban J connectivity index is 2.20. The third-order valence-corrected chi connectivity index (χ3v) is 4.44. The highest BCUT2D eigenvalue weighted by molar-refractivity contribution is 8.00. The topological polar surface area (TPSA) is 39.9 Å². The minimum Gasteiger partial charge on any atom is -0.368 e. The maximum absolute atomic E-state index is 9.08. The molecule has 0 spiro atoms. The molecule has 1 aromatic rings. The van der Waals surface area contributed by atoms with Crippen molar-refractivity contribution in [1.82, 2.24) is 4.98 Å². The Morgan fingerprint density at radius 3 is 3.06 bits per heavy atom. The molecule has 1 fully saturated rings. The normalized spacial score (nSPS) is 19.5. The highest BCUT2D eigenvalue weighted by Crippen LogP contribution is 2.32. The Kier molecular flexibility index (Phi) is 3.58. The molecule has 1 saturated heterocycles. The van der Waals surface area contributed by atoms with Crippen LogP contribution in [0.3, 0.4) is 0 Å². The number of pyridine rings is 1. The molecular formula is C13H17N3S. The van der Waals surface area contributed by atoms with Gasteiger partial charge in [0.25, 0.3) is 0 Å². The van der Waals surface area contributed by atoms with Gasteiger partial charge in [0.15, 0.2) is 5.69 Å². The number of hydrogen-bond donors (Lipinski definition) is 0. The molecule has 0 saturated carbocycles. The van der Waals surface area contributed by atoms with Crippen LogP contribution < -0.4 is 4.90 Å². The molecule has 0 unspecified atom stereocenters. The molecule has 0 atom stereocenters. The van der Waals surface area contributed by atoms with Crippen molar-refractivity contribution in [3.05, 3.63) is 24.0 Å². The monoisotopic (exact) mass is 247 g/mol. The highest BCUT2D eigenvalue weighted by Gasteiger charge is 2.24. The molecule has 0 amide bonds. The van der Waals surface area contributed by atoms with Crippen molar-refractivity contribution in [2.24, 2.45) is 0 Å². The summed E-state index contributed by atoms with van der Waals surface area (Å²) in [5.41, 5.74) is 1.52. The number of nitriles is 1. The van der Waals surface area contributed by atoms with Crippen LogP contribution in [0.15, 0.2) is 18.3 Å². The molecule has 2 heterocycles. The molecule has 0 N–H and O–H groups in total. The molecular weight excluding hydrogens is 230 g/mol. The van der Waals surface area contributed by atoms with Gasteiger partial charge >= 0.3 is 0 Å². The van der Waals surface area contributed by atoms with Crippen LogP contribution in [0.1, 0.15) is 26.0 Å². The standard InChI is InChI=1S/C13H17N3S/c1-13(2)5-7-16(8-9-17-13)12-4-3-6-15-11(12)10-14/h3-4,6H,5,7-9H2,1-2H3. The van der Waals surface area contributed by atoms with Gasteiger partial charge in [-0.05, 0) is 18.6 Å². The number of nitrogens with zero attached hydrogens (tertiary/aromatic N) is 3. The molecule has 1 aliphatic heterocycles. The Morgan fingerprint density at radius 2 is 2.29 bits per heavy atom. The van der Waals surface area contributed by atoms with E-state index < -0.39 is 0 Å². The molecule has 0 aromatic carbocycles. The molecule has 0 bridgehead atoms. The molecule has 0 radical (unpaired) electrons. The van der Waals surface area contributed by atoms with Crippen LogP contribution >= 0.6 is 11.8 Å². The van der Waals surface area contributed by atoms with Gasteiger partial charge in [0.1, 0.15) is 6.07 Å². The van der Waals surface area contributed by atoms with Gasteiger partial charge in [-0.2, -0.15) is 17.0 Å². The summed E-state index contributed by atoms with van der Waals surface area (Å²) in [7, 11) is 0. The Labute approximate surface area is 107 Å². The smallest absolute Gasteiger partial charge is 0.163 e. The van der Waals surface area contributed by atoms with E-state index in [1.54, 1.807) is 6.20 Å².